The number of carbonyl (C=O) groups excluding carboxylic acids is 2. The molecule has 8 heteroatoms. The molecule has 0 saturated heterocycles. The van der Waals surface area contributed by atoms with Crippen molar-refractivity contribution >= 4 is 18.9 Å². The second-order valence-corrected chi connectivity index (χ2v) is 5.47. The molecule has 4 rings (SSSR count). The van der Waals surface area contributed by atoms with Crippen LogP contribution < -0.4 is 15.0 Å². The first-order valence-corrected chi connectivity index (χ1v) is 8.03. The van der Waals surface area contributed by atoms with Gasteiger partial charge in [-0.1, -0.05) is 31.2 Å². The van der Waals surface area contributed by atoms with E-state index in [1.807, 2.05) is 0 Å². The van der Waals surface area contributed by atoms with Crippen LogP contribution in [0, 0.1) is 0 Å². The number of benzene rings is 2. The van der Waals surface area contributed by atoms with E-state index in [9.17, 15) is 9.59 Å². The van der Waals surface area contributed by atoms with Crippen molar-refractivity contribution in [1.82, 2.24) is 0 Å². The molecule has 0 atom stereocenters. The summed E-state index contributed by atoms with van der Waals surface area (Å²) in [5.41, 5.74) is 4.11. The Labute approximate surface area is 144 Å². The van der Waals surface area contributed by atoms with Crippen molar-refractivity contribution in [3.8, 4) is 11.5 Å². The van der Waals surface area contributed by atoms with E-state index in [1.165, 1.54) is 6.42 Å². The maximum absolute atomic E-state index is 12.0. The molecule has 0 aliphatic carbocycles. The van der Waals surface area contributed by atoms with Gasteiger partial charge in [-0.05, 0) is 30.7 Å². The summed E-state index contributed by atoms with van der Waals surface area (Å²) >= 11 is 0. The summed E-state index contributed by atoms with van der Waals surface area (Å²) in [4.78, 5) is 24.0. The van der Waals surface area contributed by atoms with Gasteiger partial charge in [-0.15, -0.1) is 0 Å². The van der Waals surface area contributed by atoms with E-state index in [-0.39, 0.29) is 22.6 Å². The number of para-hydroxylation sites is 2. The molecule has 0 radical (unpaired) electrons. The van der Waals surface area contributed by atoms with Crippen molar-refractivity contribution in [2.45, 2.75) is 13.3 Å². The fourth-order valence-electron chi connectivity index (χ4n) is 2.32. The van der Waals surface area contributed by atoms with E-state index >= 15 is 0 Å². The molecule has 2 aliphatic heterocycles. The predicted octanol–water partition coefficient (Wildman–Crippen LogP) is 1.56. The quantitative estimate of drug-likeness (QED) is 0.789. The molecule has 130 valence electrons. The Balaban J connectivity index is 0.000000415. The Morgan fingerprint density at radius 2 is 1.20 bits per heavy atom. The molecule has 0 fully saturated rings. The van der Waals surface area contributed by atoms with Gasteiger partial charge >= 0.3 is 18.9 Å². The predicted molar refractivity (Wildman–Crippen MR) is 88.8 cm³/mol. The van der Waals surface area contributed by atoms with Gasteiger partial charge in [0.2, 0.25) is 0 Å². The maximum atomic E-state index is 12.0. The summed E-state index contributed by atoms with van der Waals surface area (Å²) in [6.07, 6.45) is 1.21. The third-order valence-corrected chi connectivity index (χ3v) is 3.61. The Kier molecular flexibility index (Phi) is 4.62. The maximum Gasteiger partial charge on any atom is 0.781 e. The number of quaternary nitrogens is 1. The van der Waals surface area contributed by atoms with Crippen LogP contribution in [0.5, 0.6) is 11.5 Å². The molecule has 3 N–H and O–H groups in total. The first-order chi connectivity index (χ1) is 12.1. The van der Waals surface area contributed by atoms with Crippen LogP contribution in [0.25, 0.3) is 0 Å². The number of carbonyl (C=O) groups is 2. The molecule has 0 bridgehead atoms. The topological polar surface area (TPSA) is 98.7 Å². The smallest absolute Gasteiger partial charge is 0.610 e. The summed E-state index contributed by atoms with van der Waals surface area (Å²) in [6, 6.07) is 13.0. The van der Waals surface area contributed by atoms with Gasteiger partial charge in [-0.2, -0.15) is 0 Å². The number of hydrogen-bond donors (Lipinski definition) is 1. The van der Waals surface area contributed by atoms with Crippen LogP contribution in [0.1, 0.15) is 34.1 Å². The fourth-order valence-corrected chi connectivity index (χ4v) is 2.32. The first-order valence-electron chi connectivity index (χ1n) is 8.03. The van der Waals surface area contributed by atoms with E-state index < -0.39 is 18.9 Å². The molecule has 2 aromatic rings. The second kappa shape index (κ2) is 6.86. The summed E-state index contributed by atoms with van der Waals surface area (Å²) in [5.74, 6) is -0.824. The third kappa shape index (κ3) is 3.29. The number of hydrogen-bond acceptors (Lipinski definition) is 6. The molecule has 2 aliphatic rings. The average molecular weight is 343 g/mol. The van der Waals surface area contributed by atoms with Crippen molar-refractivity contribution < 1.29 is 33.9 Å². The highest BCUT2D eigenvalue weighted by Crippen LogP contribution is 2.35. The van der Waals surface area contributed by atoms with E-state index in [0.717, 1.165) is 6.54 Å². The highest BCUT2D eigenvalue weighted by molar-refractivity contribution is 6.61. The minimum atomic E-state index is -2.97. The summed E-state index contributed by atoms with van der Waals surface area (Å²) in [6.45, 7) is 0.217. The van der Waals surface area contributed by atoms with Crippen molar-refractivity contribution in [2.24, 2.45) is 0 Å². The third-order valence-electron chi connectivity index (χ3n) is 3.61. The molecule has 0 unspecified atom stereocenters. The zero-order valence-electron chi connectivity index (χ0n) is 13.8. The Hall–Kier alpha value is -3.00. The lowest BCUT2D eigenvalue weighted by Crippen LogP contribution is -2.61. The molecule has 1 spiro atoms. The number of rotatable bonds is 1. The van der Waals surface area contributed by atoms with Crippen LogP contribution in [-0.4, -0.2) is 25.4 Å². The van der Waals surface area contributed by atoms with E-state index in [2.05, 4.69) is 12.7 Å². The minimum Gasteiger partial charge on any atom is -0.610 e. The minimum absolute atomic E-state index is 0.251. The molecular weight excluding hydrogens is 325 g/mol. The molecule has 2 heterocycles. The van der Waals surface area contributed by atoms with E-state index in [4.69, 9.17) is 18.6 Å². The van der Waals surface area contributed by atoms with E-state index in [0.29, 0.717) is 0 Å². The summed E-state index contributed by atoms with van der Waals surface area (Å²) < 4.78 is 21.2. The van der Waals surface area contributed by atoms with Gasteiger partial charge in [0.05, 0.1) is 29.2 Å². The van der Waals surface area contributed by atoms with Crippen LogP contribution in [0.2, 0.25) is 0 Å². The normalized spacial score (nSPS) is 16.1. The van der Waals surface area contributed by atoms with Gasteiger partial charge in [0.25, 0.3) is 0 Å². The van der Waals surface area contributed by atoms with Crippen molar-refractivity contribution in [1.29, 1.82) is 0 Å². The molecule has 2 aromatic carbocycles. The largest absolute Gasteiger partial charge is 0.781 e. The molecule has 7 nitrogen and oxygen atoms in total. The Morgan fingerprint density at radius 3 is 1.60 bits per heavy atom. The molecule has 0 amide bonds. The molecule has 0 aromatic heterocycles. The lowest BCUT2D eigenvalue weighted by Gasteiger charge is -2.45. The Bertz CT molecular complexity index is 742. The lowest BCUT2D eigenvalue weighted by atomic mass is 9.96. The monoisotopic (exact) mass is 343 g/mol. The van der Waals surface area contributed by atoms with Crippen LogP contribution >= 0.6 is 0 Å². The first kappa shape index (κ1) is 16.8. The zero-order valence-corrected chi connectivity index (χ0v) is 13.8. The fraction of sp³-hybridized carbons (Fsp3) is 0.176. The van der Waals surface area contributed by atoms with Gasteiger partial charge in [0.1, 0.15) is 0 Å². The summed E-state index contributed by atoms with van der Waals surface area (Å²) in [5, 5.41) is 0. The van der Waals surface area contributed by atoms with Gasteiger partial charge in [-0.25, -0.2) is 0 Å². The highest BCUT2D eigenvalue weighted by atomic mass is 16.9. The number of fused-ring (bicyclic) bond motifs is 2. The van der Waals surface area contributed by atoms with Crippen LogP contribution in [0.15, 0.2) is 48.5 Å². The standard InChI is InChI=1S/C14H8BO6.C3H9N/c16-13-9-5-1-3-7-11(9)18-15(20-13)19-12-8-4-2-6-10(12)14(17)21-15;1-2-3-4/h1-8H;2-4H2,1H3/q-1;/p+1. The van der Waals surface area contributed by atoms with Gasteiger partial charge in [0.15, 0.2) is 0 Å². The summed E-state index contributed by atoms with van der Waals surface area (Å²) in [7, 11) is 0. The Morgan fingerprint density at radius 1 is 0.800 bits per heavy atom. The van der Waals surface area contributed by atoms with E-state index in [1.54, 1.807) is 48.5 Å². The van der Waals surface area contributed by atoms with Gasteiger partial charge in [0, 0.05) is 0 Å². The lowest BCUT2D eigenvalue weighted by molar-refractivity contribution is -0.367. The van der Waals surface area contributed by atoms with Gasteiger partial charge in [-0.3, -0.25) is 9.59 Å². The zero-order chi connectivity index (χ0) is 17.9. The average Bonchev–Trinajstić information content (AvgIpc) is 2.62. The molecule has 25 heavy (non-hydrogen) atoms. The van der Waals surface area contributed by atoms with Crippen LogP contribution in [-0.2, 0) is 9.31 Å². The highest BCUT2D eigenvalue weighted by Gasteiger charge is 2.52. The molecular formula is C17H18BNO6. The van der Waals surface area contributed by atoms with Crippen LogP contribution in [0.4, 0.5) is 0 Å². The van der Waals surface area contributed by atoms with Gasteiger partial charge < -0.3 is 24.4 Å². The van der Waals surface area contributed by atoms with Crippen molar-refractivity contribution in [2.75, 3.05) is 6.54 Å². The second-order valence-electron chi connectivity index (χ2n) is 5.47. The molecule has 0 saturated carbocycles. The van der Waals surface area contributed by atoms with Crippen molar-refractivity contribution in [3.63, 3.8) is 0 Å². The van der Waals surface area contributed by atoms with Crippen LogP contribution in [0.3, 0.4) is 0 Å². The van der Waals surface area contributed by atoms with Crippen molar-refractivity contribution in [3.05, 3.63) is 59.7 Å². The SMILES string of the molecule is CCC[NH3+].O=C1O[B-]2(OC(=O)c3ccccc3O2)Oc2ccccc21.